The van der Waals surface area contributed by atoms with Crippen LogP contribution in [0, 0.1) is 5.92 Å². The monoisotopic (exact) mass is 245 g/mol. The fourth-order valence-electron chi connectivity index (χ4n) is 3.01. The number of methoxy groups -OCH3 is 1. The Balaban J connectivity index is 2.11. The highest BCUT2D eigenvalue weighted by atomic mass is 16.5. The molecule has 94 valence electrons. The maximum Gasteiger partial charge on any atom is 0.326 e. The second kappa shape index (κ2) is 4.05. The van der Waals surface area contributed by atoms with Crippen molar-refractivity contribution >= 4 is 11.7 Å². The van der Waals surface area contributed by atoms with Crippen LogP contribution in [-0.4, -0.2) is 24.2 Å². The van der Waals surface area contributed by atoms with Crippen molar-refractivity contribution in [2.24, 2.45) is 5.92 Å². The lowest BCUT2D eigenvalue weighted by Crippen LogP contribution is -2.41. The predicted molar refractivity (Wildman–Crippen MR) is 68.0 cm³/mol. The third-order valence-electron chi connectivity index (χ3n) is 3.84. The molecule has 0 radical (unpaired) electrons. The van der Waals surface area contributed by atoms with Gasteiger partial charge in [0.1, 0.15) is 11.8 Å². The third-order valence-corrected chi connectivity index (χ3v) is 3.84. The zero-order valence-electron chi connectivity index (χ0n) is 10.1. The minimum Gasteiger partial charge on any atom is -0.495 e. The van der Waals surface area contributed by atoms with Crippen molar-refractivity contribution in [3.63, 3.8) is 0 Å². The van der Waals surface area contributed by atoms with Gasteiger partial charge in [0.25, 0.3) is 0 Å². The molecule has 3 atom stereocenters. The minimum atomic E-state index is -0.801. The average Bonchev–Trinajstić information content (AvgIpc) is 2.86. The van der Waals surface area contributed by atoms with Crippen LogP contribution in [0.25, 0.3) is 0 Å². The number of carbonyl (C=O) groups is 1. The normalized spacial score (nSPS) is 28.2. The van der Waals surface area contributed by atoms with Crippen LogP contribution in [0.2, 0.25) is 0 Å². The first-order chi connectivity index (χ1) is 8.72. The summed E-state index contributed by atoms with van der Waals surface area (Å²) in [4.78, 5) is 11.4. The first-order valence-electron chi connectivity index (χ1n) is 6.05. The quantitative estimate of drug-likeness (QED) is 0.784. The number of rotatable bonds is 2. The van der Waals surface area contributed by atoms with E-state index in [1.165, 1.54) is 0 Å². The van der Waals surface area contributed by atoms with Crippen molar-refractivity contribution in [1.29, 1.82) is 0 Å². The number of hydrogen-bond acceptors (Lipinski definition) is 3. The molecule has 2 N–H and O–H groups in total. The van der Waals surface area contributed by atoms with E-state index in [4.69, 9.17) is 4.74 Å². The van der Waals surface area contributed by atoms with Crippen LogP contribution in [0.15, 0.2) is 30.4 Å². The van der Waals surface area contributed by atoms with Gasteiger partial charge < -0.3 is 15.2 Å². The highest BCUT2D eigenvalue weighted by Gasteiger charge is 2.41. The van der Waals surface area contributed by atoms with Crippen LogP contribution < -0.4 is 10.1 Å². The van der Waals surface area contributed by atoms with Crippen LogP contribution in [0.3, 0.4) is 0 Å². The van der Waals surface area contributed by atoms with Crippen LogP contribution in [-0.2, 0) is 4.79 Å². The average molecular weight is 245 g/mol. The van der Waals surface area contributed by atoms with E-state index in [0.717, 1.165) is 17.7 Å². The molecule has 0 bridgehead atoms. The molecule has 4 heteroatoms. The van der Waals surface area contributed by atoms with E-state index in [0.29, 0.717) is 5.75 Å². The zero-order valence-corrected chi connectivity index (χ0v) is 10.1. The lowest BCUT2D eigenvalue weighted by Gasteiger charge is -2.35. The van der Waals surface area contributed by atoms with Gasteiger partial charge in [-0.3, -0.25) is 0 Å². The molecule has 1 aliphatic heterocycles. The molecule has 1 heterocycles. The molecule has 3 rings (SSSR count). The Bertz CT molecular complexity index is 524. The number of carboxylic acids is 1. The Morgan fingerprint density at radius 3 is 3.06 bits per heavy atom. The first-order valence-corrected chi connectivity index (χ1v) is 6.05. The van der Waals surface area contributed by atoms with E-state index in [1.807, 2.05) is 18.2 Å². The number of fused-ring (bicyclic) bond motifs is 3. The largest absolute Gasteiger partial charge is 0.495 e. The summed E-state index contributed by atoms with van der Waals surface area (Å²) in [5, 5.41) is 12.5. The summed E-state index contributed by atoms with van der Waals surface area (Å²) in [5.74, 6) is 0.183. The Labute approximate surface area is 105 Å². The van der Waals surface area contributed by atoms with Crippen molar-refractivity contribution in [3.05, 3.63) is 35.9 Å². The van der Waals surface area contributed by atoms with E-state index in [2.05, 4.69) is 17.5 Å². The van der Waals surface area contributed by atoms with Gasteiger partial charge in [0.15, 0.2) is 0 Å². The van der Waals surface area contributed by atoms with Gasteiger partial charge in [0, 0.05) is 11.8 Å². The molecule has 0 unspecified atom stereocenters. The molecule has 0 fully saturated rings. The Hall–Kier alpha value is -1.97. The smallest absolute Gasteiger partial charge is 0.326 e. The highest BCUT2D eigenvalue weighted by molar-refractivity contribution is 5.82. The van der Waals surface area contributed by atoms with Crippen LogP contribution >= 0.6 is 0 Å². The number of para-hydroxylation sites is 1. The molecule has 0 amide bonds. The number of ether oxygens (including phenoxy) is 1. The Kier molecular flexibility index (Phi) is 2.51. The predicted octanol–water partition coefficient (Wildman–Crippen LogP) is 2.23. The summed E-state index contributed by atoms with van der Waals surface area (Å²) in [6.45, 7) is 0. The van der Waals surface area contributed by atoms with E-state index < -0.39 is 12.0 Å². The fourth-order valence-corrected chi connectivity index (χ4v) is 3.01. The molecule has 0 saturated heterocycles. The zero-order chi connectivity index (χ0) is 12.7. The Morgan fingerprint density at radius 2 is 2.33 bits per heavy atom. The van der Waals surface area contributed by atoms with Gasteiger partial charge in [-0.15, -0.1) is 0 Å². The van der Waals surface area contributed by atoms with Crippen molar-refractivity contribution in [2.75, 3.05) is 12.4 Å². The van der Waals surface area contributed by atoms with E-state index in [-0.39, 0.29) is 11.8 Å². The standard InChI is InChI=1S/C14H15NO3/c1-18-11-7-3-6-9-8-4-2-5-10(8)13(14(16)17)15-12(9)11/h2-4,6-8,10,13,15H,5H2,1H3,(H,16,17)/t8-,10+,13-/m0/s1. The van der Waals surface area contributed by atoms with Gasteiger partial charge in [-0.25, -0.2) is 4.79 Å². The van der Waals surface area contributed by atoms with Crippen molar-refractivity contribution < 1.29 is 14.6 Å². The maximum absolute atomic E-state index is 11.4. The first kappa shape index (κ1) is 11.1. The summed E-state index contributed by atoms with van der Waals surface area (Å²) >= 11 is 0. The number of nitrogens with one attached hydrogen (secondary N) is 1. The van der Waals surface area contributed by atoms with Gasteiger partial charge >= 0.3 is 5.97 Å². The highest BCUT2D eigenvalue weighted by Crippen LogP contribution is 2.47. The third kappa shape index (κ3) is 1.49. The summed E-state index contributed by atoms with van der Waals surface area (Å²) in [6.07, 6.45) is 4.99. The van der Waals surface area contributed by atoms with E-state index in [1.54, 1.807) is 7.11 Å². The van der Waals surface area contributed by atoms with Crippen LogP contribution in [0.4, 0.5) is 5.69 Å². The van der Waals surface area contributed by atoms with Gasteiger partial charge in [-0.05, 0) is 18.1 Å². The molecule has 1 aromatic rings. The lowest BCUT2D eigenvalue weighted by atomic mass is 9.79. The molecule has 0 aromatic heterocycles. The van der Waals surface area contributed by atoms with Crippen LogP contribution in [0.1, 0.15) is 17.9 Å². The second-order valence-electron chi connectivity index (χ2n) is 4.74. The number of anilines is 1. The molecule has 1 aromatic carbocycles. The van der Waals surface area contributed by atoms with Crippen molar-refractivity contribution in [3.8, 4) is 5.75 Å². The maximum atomic E-state index is 11.4. The molecule has 0 saturated carbocycles. The molecule has 18 heavy (non-hydrogen) atoms. The summed E-state index contributed by atoms with van der Waals surface area (Å²) in [6, 6.07) is 5.29. The molecule has 1 aliphatic carbocycles. The van der Waals surface area contributed by atoms with E-state index in [9.17, 15) is 9.90 Å². The molecular weight excluding hydrogens is 230 g/mol. The minimum absolute atomic E-state index is 0.0992. The molecule has 2 aliphatic rings. The summed E-state index contributed by atoms with van der Waals surface area (Å²) in [7, 11) is 1.60. The summed E-state index contributed by atoms with van der Waals surface area (Å²) < 4.78 is 5.31. The van der Waals surface area contributed by atoms with E-state index >= 15 is 0 Å². The number of allylic oxidation sites excluding steroid dienone is 2. The molecule has 0 spiro atoms. The number of benzene rings is 1. The second-order valence-corrected chi connectivity index (χ2v) is 4.74. The SMILES string of the molecule is COc1cccc2c1N[C@H](C(=O)O)[C@@H]1CC=C[C@@H]21. The molecular formula is C14H15NO3. The van der Waals surface area contributed by atoms with Crippen LogP contribution in [0.5, 0.6) is 5.75 Å². The number of hydrogen-bond donors (Lipinski definition) is 2. The van der Waals surface area contributed by atoms with Gasteiger partial charge in [-0.1, -0.05) is 24.3 Å². The van der Waals surface area contributed by atoms with Gasteiger partial charge in [-0.2, -0.15) is 0 Å². The molecule has 4 nitrogen and oxygen atoms in total. The van der Waals surface area contributed by atoms with Gasteiger partial charge in [0.2, 0.25) is 0 Å². The number of carboxylic acid groups (broad SMARTS) is 1. The van der Waals surface area contributed by atoms with Crippen molar-refractivity contribution in [2.45, 2.75) is 18.4 Å². The topological polar surface area (TPSA) is 58.6 Å². The summed E-state index contributed by atoms with van der Waals surface area (Å²) in [5.41, 5.74) is 1.95. The fraction of sp³-hybridized carbons (Fsp3) is 0.357. The lowest BCUT2D eigenvalue weighted by molar-refractivity contribution is -0.139. The Morgan fingerprint density at radius 1 is 1.50 bits per heavy atom. The van der Waals surface area contributed by atoms with Gasteiger partial charge in [0.05, 0.1) is 12.8 Å². The number of aliphatic carboxylic acids is 1. The van der Waals surface area contributed by atoms with Crippen molar-refractivity contribution in [1.82, 2.24) is 0 Å².